The minimum Gasteiger partial charge on any atom is -0.366 e. The molecule has 0 spiro atoms. The van der Waals surface area contributed by atoms with E-state index in [0.29, 0.717) is 31.2 Å². The molecule has 0 aliphatic carbocycles. The highest BCUT2D eigenvalue weighted by atomic mass is 19.1. The lowest BCUT2D eigenvalue weighted by molar-refractivity contribution is -0.0187. The lowest BCUT2D eigenvalue weighted by Gasteiger charge is -2.34. The molecule has 7 nitrogen and oxygen atoms in total. The monoisotopic (exact) mass is 333 g/mol. The zero-order chi connectivity index (χ0) is 17.1. The molecule has 0 bridgehead atoms. The highest BCUT2D eigenvalue weighted by Gasteiger charge is 2.29. The van der Waals surface area contributed by atoms with Crippen LogP contribution in [0.4, 0.5) is 14.9 Å². The number of ether oxygens (including phenoxy) is 1. The van der Waals surface area contributed by atoms with Crippen molar-refractivity contribution in [3.05, 3.63) is 41.7 Å². The number of amides is 2. The number of hydrogen-bond donors (Lipinski definition) is 1. The van der Waals surface area contributed by atoms with E-state index < -0.39 is 0 Å². The van der Waals surface area contributed by atoms with Gasteiger partial charge in [0.1, 0.15) is 17.7 Å². The van der Waals surface area contributed by atoms with E-state index in [1.165, 1.54) is 17.0 Å². The first-order chi connectivity index (χ1) is 11.6. The van der Waals surface area contributed by atoms with Crippen LogP contribution in [0, 0.1) is 5.82 Å². The number of nitrogens with zero attached hydrogens (tertiary/aromatic N) is 4. The number of aromatic amines is 1. The van der Waals surface area contributed by atoms with Crippen LogP contribution in [-0.4, -0.2) is 52.9 Å². The fraction of sp³-hybridized carbons (Fsp3) is 0.438. The van der Waals surface area contributed by atoms with Crippen LogP contribution in [0.3, 0.4) is 0 Å². The van der Waals surface area contributed by atoms with Crippen LogP contribution < -0.4 is 4.90 Å². The number of carbonyl (C=O) groups excluding carboxylic acids is 1. The number of H-pyrrole nitrogens is 1. The van der Waals surface area contributed by atoms with Gasteiger partial charge in [-0.15, -0.1) is 0 Å². The van der Waals surface area contributed by atoms with Crippen LogP contribution in [0.1, 0.15) is 24.7 Å². The first-order valence-electron chi connectivity index (χ1n) is 7.89. The van der Waals surface area contributed by atoms with E-state index in [9.17, 15) is 9.18 Å². The SMILES string of the molecule is CCc1nc(C2CN(C(=O)N(C)c3ccc(F)cc3)CCO2)n[nH]1. The maximum atomic E-state index is 13.0. The smallest absolute Gasteiger partial charge is 0.324 e. The molecule has 3 rings (SSSR count). The summed E-state index contributed by atoms with van der Waals surface area (Å²) in [6, 6.07) is 5.66. The van der Waals surface area contributed by atoms with Gasteiger partial charge in [-0.05, 0) is 24.3 Å². The van der Waals surface area contributed by atoms with Crippen molar-refractivity contribution in [3.8, 4) is 0 Å². The Morgan fingerprint density at radius 3 is 2.88 bits per heavy atom. The number of aromatic nitrogens is 3. The van der Waals surface area contributed by atoms with E-state index >= 15 is 0 Å². The zero-order valence-corrected chi connectivity index (χ0v) is 13.7. The topological polar surface area (TPSA) is 74.3 Å². The van der Waals surface area contributed by atoms with Gasteiger partial charge in [-0.1, -0.05) is 6.92 Å². The van der Waals surface area contributed by atoms with Gasteiger partial charge in [0.25, 0.3) is 0 Å². The first-order valence-corrected chi connectivity index (χ1v) is 7.89. The Balaban J connectivity index is 1.69. The number of anilines is 1. The van der Waals surface area contributed by atoms with Crippen LogP contribution in [0.5, 0.6) is 0 Å². The Morgan fingerprint density at radius 2 is 2.21 bits per heavy atom. The number of halogens is 1. The van der Waals surface area contributed by atoms with E-state index in [4.69, 9.17) is 4.74 Å². The second-order valence-electron chi connectivity index (χ2n) is 5.62. The van der Waals surface area contributed by atoms with Crippen molar-refractivity contribution in [2.24, 2.45) is 0 Å². The summed E-state index contributed by atoms with van der Waals surface area (Å²) in [6.07, 6.45) is 0.413. The number of benzene rings is 1. The van der Waals surface area contributed by atoms with Crippen molar-refractivity contribution in [3.63, 3.8) is 0 Å². The molecule has 2 amide bonds. The Morgan fingerprint density at radius 1 is 1.46 bits per heavy atom. The third-order valence-electron chi connectivity index (χ3n) is 4.01. The number of morpholine rings is 1. The largest absolute Gasteiger partial charge is 0.366 e. The molecule has 1 aromatic heterocycles. The van der Waals surface area contributed by atoms with Crippen LogP contribution in [0.25, 0.3) is 0 Å². The third-order valence-corrected chi connectivity index (χ3v) is 4.01. The Kier molecular flexibility index (Phi) is 4.75. The average molecular weight is 333 g/mol. The summed E-state index contributed by atoms with van der Waals surface area (Å²) in [5.74, 6) is 1.02. The third kappa shape index (κ3) is 3.38. The Labute approximate surface area is 139 Å². The van der Waals surface area contributed by atoms with Gasteiger partial charge >= 0.3 is 6.03 Å². The number of rotatable bonds is 3. The van der Waals surface area contributed by atoms with Crippen LogP contribution >= 0.6 is 0 Å². The van der Waals surface area contributed by atoms with Crippen LogP contribution in [0.15, 0.2) is 24.3 Å². The molecule has 128 valence electrons. The zero-order valence-electron chi connectivity index (χ0n) is 13.7. The maximum Gasteiger partial charge on any atom is 0.324 e. The van der Waals surface area contributed by atoms with Gasteiger partial charge in [-0.2, -0.15) is 5.10 Å². The van der Waals surface area contributed by atoms with Gasteiger partial charge < -0.3 is 9.64 Å². The van der Waals surface area contributed by atoms with Crippen LogP contribution in [0.2, 0.25) is 0 Å². The highest BCUT2D eigenvalue weighted by molar-refractivity contribution is 5.91. The average Bonchev–Trinajstić information content (AvgIpc) is 3.10. The molecule has 2 aromatic rings. The van der Waals surface area contributed by atoms with Gasteiger partial charge in [0, 0.05) is 25.7 Å². The summed E-state index contributed by atoms with van der Waals surface area (Å²) in [5.41, 5.74) is 0.635. The lowest BCUT2D eigenvalue weighted by Crippen LogP contribution is -2.48. The van der Waals surface area contributed by atoms with E-state index in [-0.39, 0.29) is 18.0 Å². The molecule has 1 aliphatic heterocycles. The van der Waals surface area contributed by atoms with E-state index in [1.807, 2.05) is 6.92 Å². The van der Waals surface area contributed by atoms with E-state index in [2.05, 4.69) is 15.2 Å². The first kappa shape index (κ1) is 16.4. The van der Waals surface area contributed by atoms with Gasteiger partial charge in [0.2, 0.25) is 0 Å². The number of carbonyl (C=O) groups is 1. The Hall–Kier alpha value is -2.48. The minimum absolute atomic E-state index is 0.166. The number of urea groups is 1. The van der Waals surface area contributed by atoms with Gasteiger partial charge in [0.05, 0.1) is 13.2 Å². The van der Waals surface area contributed by atoms with Crippen molar-refractivity contribution in [1.29, 1.82) is 0 Å². The fourth-order valence-corrected chi connectivity index (χ4v) is 2.58. The van der Waals surface area contributed by atoms with E-state index in [0.717, 1.165) is 12.2 Å². The van der Waals surface area contributed by atoms with Gasteiger partial charge in [-0.3, -0.25) is 10.00 Å². The van der Waals surface area contributed by atoms with Crippen LogP contribution in [-0.2, 0) is 11.2 Å². The normalized spacial score (nSPS) is 17.8. The number of nitrogens with one attached hydrogen (secondary N) is 1. The van der Waals surface area contributed by atoms with Crippen molar-refractivity contribution < 1.29 is 13.9 Å². The molecule has 0 saturated carbocycles. The summed E-state index contributed by atoms with van der Waals surface area (Å²) in [7, 11) is 1.67. The summed E-state index contributed by atoms with van der Waals surface area (Å²) in [6.45, 7) is 3.28. The quantitative estimate of drug-likeness (QED) is 0.934. The molecule has 24 heavy (non-hydrogen) atoms. The molecule has 0 radical (unpaired) electrons. The Bertz CT molecular complexity index is 703. The maximum absolute atomic E-state index is 13.0. The van der Waals surface area contributed by atoms with Gasteiger partial charge in [0.15, 0.2) is 5.82 Å². The number of hydrogen-bond acceptors (Lipinski definition) is 4. The molecule has 1 aliphatic rings. The lowest BCUT2D eigenvalue weighted by atomic mass is 10.2. The molecular formula is C16H20FN5O2. The second kappa shape index (κ2) is 6.96. The highest BCUT2D eigenvalue weighted by Crippen LogP contribution is 2.22. The molecule has 2 heterocycles. The molecule has 1 atom stereocenters. The summed E-state index contributed by atoms with van der Waals surface area (Å²) < 4.78 is 18.7. The predicted molar refractivity (Wildman–Crippen MR) is 86.2 cm³/mol. The molecule has 1 aromatic carbocycles. The molecule has 1 unspecified atom stereocenters. The standard InChI is InChI=1S/C16H20FN5O2/c1-3-14-18-15(20-19-14)13-10-22(8-9-24-13)16(23)21(2)12-6-4-11(17)5-7-12/h4-7,13H,3,8-10H2,1-2H3,(H,18,19,20). The van der Waals surface area contributed by atoms with Crippen molar-refractivity contribution in [1.82, 2.24) is 20.1 Å². The molecule has 1 N–H and O–H groups in total. The molecule has 1 fully saturated rings. The molecule has 1 saturated heterocycles. The summed E-state index contributed by atoms with van der Waals surface area (Å²) in [4.78, 5) is 20.2. The predicted octanol–water partition coefficient (Wildman–Crippen LogP) is 2.14. The summed E-state index contributed by atoms with van der Waals surface area (Å²) >= 11 is 0. The van der Waals surface area contributed by atoms with E-state index in [1.54, 1.807) is 24.1 Å². The fourth-order valence-electron chi connectivity index (χ4n) is 2.58. The van der Waals surface area contributed by atoms with Crippen molar-refractivity contribution in [2.75, 3.05) is 31.6 Å². The van der Waals surface area contributed by atoms with Crippen molar-refractivity contribution >= 4 is 11.7 Å². The molecule has 8 heteroatoms. The minimum atomic E-state index is -0.346. The molecular weight excluding hydrogens is 313 g/mol. The van der Waals surface area contributed by atoms with Gasteiger partial charge in [-0.25, -0.2) is 14.2 Å². The number of aryl methyl sites for hydroxylation is 1. The summed E-state index contributed by atoms with van der Waals surface area (Å²) in [5, 5.41) is 7.02. The second-order valence-corrected chi connectivity index (χ2v) is 5.62. The van der Waals surface area contributed by atoms with Crippen molar-refractivity contribution in [2.45, 2.75) is 19.4 Å².